The minimum Gasteiger partial charge on any atom is -0.399 e. The Morgan fingerprint density at radius 3 is 1.96 bits per heavy atom. The Bertz CT molecular complexity index is 804. The molecule has 2 aliphatic rings. The molecule has 2 aromatic rings. The van der Waals surface area contributed by atoms with Crippen LogP contribution in [0, 0.1) is 0 Å². The fourth-order valence-corrected chi connectivity index (χ4v) is 3.85. The van der Waals surface area contributed by atoms with Crippen molar-refractivity contribution in [1.82, 2.24) is 0 Å². The quantitative estimate of drug-likeness (QED) is 0.730. The SMILES string of the molecule is CC1(C)c2ccccc2-c2ccc(B3OC(C)(C)C(C)(C)O3)cc21. The molecule has 1 aliphatic heterocycles. The van der Waals surface area contributed by atoms with Crippen molar-refractivity contribution in [3.63, 3.8) is 0 Å². The lowest BCUT2D eigenvalue weighted by molar-refractivity contribution is 0.00578. The minimum absolute atomic E-state index is 0.00553. The van der Waals surface area contributed by atoms with Crippen molar-refractivity contribution in [3.8, 4) is 11.1 Å². The van der Waals surface area contributed by atoms with Crippen molar-refractivity contribution < 1.29 is 9.31 Å². The summed E-state index contributed by atoms with van der Waals surface area (Å²) in [6, 6.07) is 15.4. The Labute approximate surface area is 145 Å². The normalized spacial score (nSPS) is 22.3. The van der Waals surface area contributed by atoms with Crippen LogP contribution in [0.5, 0.6) is 0 Å². The highest BCUT2D eigenvalue weighted by Crippen LogP contribution is 2.48. The molecule has 0 radical (unpaired) electrons. The van der Waals surface area contributed by atoms with Gasteiger partial charge in [-0.05, 0) is 55.4 Å². The Hall–Kier alpha value is -1.58. The number of benzene rings is 2. The van der Waals surface area contributed by atoms with Crippen molar-refractivity contribution in [3.05, 3.63) is 53.6 Å². The van der Waals surface area contributed by atoms with Gasteiger partial charge >= 0.3 is 7.12 Å². The van der Waals surface area contributed by atoms with Crippen LogP contribution in [0.3, 0.4) is 0 Å². The zero-order valence-corrected chi connectivity index (χ0v) is 15.4. The topological polar surface area (TPSA) is 18.5 Å². The zero-order chi connectivity index (χ0) is 17.3. The smallest absolute Gasteiger partial charge is 0.399 e. The molecule has 0 unspecified atom stereocenters. The molecule has 2 aromatic carbocycles. The summed E-state index contributed by atoms with van der Waals surface area (Å²) in [5, 5.41) is 0. The maximum atomic E-state index is 6.23. The lowest BCUT2D eigenvalue weighted by Crippen LogP contribution is -2.41. The molecule has 24 heavy (non-hydrogen) atoms. The molecule has 3 heteroatoms. The van der Waals surface area contributed by atoms with Gasteiger partial charge in [0, 0.05) is 5.41 Å². The van der Waals surface area contributed by atoms with E-state index in [1.165, 1.54) is 22.3 Å². The van der Waals surface area contributed by atoms with E-state index in [9.17, 15) is 0 Å². The average molecular weight is 320 g/mol. The van der Waals surface area contributed by atoms with Crippen molar-refractivity contribution in [2.45, 2.75) is 58.2 Å². The molecule has 0 bridgehead atoms. The second-order valence-electron chi connectivity index (χ2n) is 8.56. The molecule has 124 valence electrons. The predicted molar refractivity (Wildman–Crippen MR) is 99.7 cm³/mol. The van der Waals surface area contributed by atoms with E-state index in [0.717, 1.165) is 5.46 Å². The summed E-state index contributed by atoms with van der Waals surface area (Å²) in [5.41, 5.74) is 5.92. The maximum Gasteiger partial charge on any atom is 0.494 e. The Kier molecular flexibility index (Phi) is 3.14. The van der Waals surface area contributed by atoms with Gasteiger partial charge in [-0.1, -0.05) is 56.3 Å². The molecule has 0 aromatic heterocycles. The molecular formula is C21H25BO2. The zero-order valence-electron chi connectivity index (χ0n) is 15.4. The van der Waals surface area contributed by atoms with E-state index in [2.05, 4.69) is 84.0 Å². The fraction of sp³-hybridized carbons (Fsp3) is 0.429. The van der Waals surface area contributed by atoms with Crippen molar-refractivity contribution in [2.24, 2.45) is 0 Å². The molecule has 2 nitrogen and oxygen atoms in total. The van der Waals surface area contributed by atoms with Gasteiger partial charge in [0.05, 0.1) is 11.2 Å². The molecule has 1 fully saturated rings. The second kappa shape index (κ2) is 4.74. The van der Waals surface area contributed by atoms with Gasteiger partial charge < -0.3 is 9.31 Å². The monoisotopic (exact) mass is 320 g/mol. The van der Waals surface area contributed by atoms with E-state index in [4.69, 9.17) is 9.31 Å². The van der Waals surface area contributed by atoms with Crippen LogP contribution >= 0.6 is 0 Å². The van der Waals surface area contributed by atoms with Crippen molar-refractivity contribution >= 4 is 12.6 Å². The summed E-state index contributed by atoms with van der Waals surface area (Å²) in [6.07, 6.45) is 0. The molecule has 1 heterocycles. The first-order valence-electron chi connectivity index (χ1n) is 8.73. The lowest BCUT2D eigenvalue weighted by atomic mass is 9.74. The highest BCUT2D eigenvalue weighted by Gasteiger charge is 2.52. The Morgan fingerprint density at radius 2 is 1.29 bits per heavy atom. The van der Waals surface area contributed by atoms with E-state index in [1.807, 2.05) is 0 Å². The van der Waals surface area contributed by atoms with Crippen LogP contribution in [0.4, 0.5) is 0 Å². The van der Waals surface area contributed by atoms with Crippen LogP contribution in [-0.4, -0.2) is 18.3 Å². The highest BCUT2D eigenvalue weighted by molar-refractivity contribution is 6.62. The van der Waals surface area contributed by atoms with E-state index in [-0.39, 0.29) is 23.7 Å². The molecule has 1 aliphatic carbocycles. The predicted octanol–water partition coefficient (Wildman–Crippen LogP) is 4.29. The molecule has 1 saturated heterocycles. The first kappa shape index (κ1) is 15.9. The van der Waals surface area contributed by atoms with Crippen LogP contribution in [-0.2, 0) is 14.7 Å². The number of hydrogen-bond donors (Lipinski definition) is 0. The Morgan fingerprint density at radius 1 is 0.708 bits per heavy atom. The molecule has 4 rings (SSSR count). The van der Waals surface area contributed by atoms with Gasteiger partial charge in [0.2, 0.25) is 0 Å². The second-order valence-corrected chi connectivity index (χ2v) is 8.56. The first-order valence-corrected chi connectivity index (χ1v) is 8.73. The van der Waals surface area contributed by atoms with Gasteiger partial charge in [-0.15, -0.1) is 0 Å². The molecule has 0 N–H and O–H groups in total. The van der Waals surface area contributed by atoms with Gasteiger partial charge in [0.25, 0.3) is 0 Å². The fourth-order valence-electron chi connectivity index (χ4n) is 3.85. The van der Waals surface area contributed by atoms with E-state index in [1.54, 1.807) is 0 Å². The van der Waals surface area contributed by atoms with Crippen molar-refractivity contribution in [1.29, 1.82) is 0 Å². The molecular weight excluding hydrogens is 295 g/mol. The van der Waals surface area contributed by atoms with Crippen LogP contribution < -0.4 is 5.46 Å². The summed E-state index contributed by atoms with van der Waals surface area (Å²) < 4.78 is 12.5. The maximum absolute atomic E-state index is 6.23. The first-order chi connectivity index (χ1) is 11.1. The number of rotatable bonds is 1. The van der Waals surface area contributed by atoms with E-state index in [0.29, 0.717) is 0 Å². The van der Waals surface area contributed by atoms with Gasteiger partial charge in [-0.25, -0.2) is 0 Å². The lowest BCUT2D eigenvalue weighted by Gasteiger charge is -2.32. The third-order valence-electron chi connectivity index (χ3n) is 6.13. The number of fused-ring (bicyclic) bond motifs is 3. The summed E-state index contributed by atoms with van der Waals surface area (Å²) in [5.74, 6) is 0. The van der Waals surface area contributed by atoms with Crippen LogP contribution in [0.15, 0.2) is 42.5 Å². The van der Waals surface area contributed by atoms with E-state index < -0.39 is 0 Å². The van der Waals surface area contributed by atoms with Crippen molar-refractivity contribution in [2.75, 3.05) is 0 Å². The Balaban J connectivity index is 1.78. The van der Waals surface area contributed by atoms with Crippen LogP contribution in [0.1, 0.15) is 52.7 Å². The summed E-state index contributed by atoms with van der Waals surface area (Å²) >= 11 is 0. The summed E-state index contributed by atoms with van der Waals surface area (Å²) in [7, 11) is -0.306. The van der Waals surface area contributed by atoms with E-state index >= 15 is 0 Å². The van der Waals surface area contributed by atoms with Crippen LogP contribution in [0.2, 0.25) is 0 Å². The molecule has 0 saturated carbocycles. The van der Waals surface area contributed by atoms with Gasteiger partial charge in [-0.3, -0.25) is 0 Å². The third kappa shape index (κ3) is 2.04. The average Bonchev–Trinajstić information content (AvgIpc) is 2.88. The van der Waals surface area contributed by atoms with Gasteiger partial charge in [-0.2, -0.15) is 0 Å². The standard InChI is InChI=1S/C21H25BO2/c1-19(2)17-10-8-7-9-15(17)16-12-11-14(13-18(16)19)22-23-20(3,4)21(5,6)24-22/h7-13H,1-6H3. The largest absolute Gasteiger partial charge is 0.494 e. The molecule has 0 spiro atoms. The molecule has 0 atom stereocenters. The summed E-state index contributed by atoms with van der Waals surface area (Å²) in [4.78, 5) is 0. The number of hydrogen-bond acceptors (Lipinski definition) is 2. The minimum atomic E-state index is -0.310. The molecule has 0 amide bonds. The summed E-state index contributed by atoms with van der Waals surface area (Å²) in [6.45, 7) is 13.0. The third-order valence-corrected chi connectivity index (χ3v) is 6.13. The highest BCUT2D eigenvalue weighted by atomic mass is 16.7. The van der Waals surface area contributed by atoms with Gasteiger partial charge in [0.1, 0.15) is 0 Å². The van der Waals surface area contributed by atoms with Crippen LogP contribution in [0.25, 0.3) is 11.1 Å². The van der Waals surface area contributed by atoms with Gasteiger partial charge in [0.15, 0.2) is 0 Å².